The summed E-state index contributed by atoms with van der Waals surface area (Å²) in [5, 5.41) is 0. The van der Waals surface area contributed by atoms with Gasteiger partial charge < -0.3 is 0 Å². The van der Waals surface area contributed by atoms with Gasteiger partial charge >= 0.3 is 217 Å². The first-order valence-corrected chi connectivity index (χ1v) is 22.8. The van der Waals surface area contributed by atoms with Gasteiger partial charge in [-0.15, -0.1) is 0 Å². The van der Waals surface area contributed by atoms with Gasteiger partial charge in [-0.3, -0.25) is 0 Å². The zero-order valence-electron chi connectivity index (χ0n) is 21.6. The average Bonchev–Trinajstić information content (AvgIpc) is 3.47. The fourth-order valence-electron chi connectivity index (χ4n) is 5.08. The minimum atomic E-state index is -2.59. The second kappa shape index (κ2) is 14.4. The first-order chi connectivity index (χ1) is 16.2. The van der Waals surface area contributed by atoms with Gasteiger partial charge in [-0.1, -0.05) is 0 Å². The van der Waals surface area contributed by atoms with Crippen LogP contribution in [0.2, 0.25) is 13.3 Å². The van der Waals surface area contributed by atoms with Crippen LogP contribution in [0.5, 0.6) is 11.5 Å². The summed E-state index contributed by atoms with van der Waals surface area (Å²) < 4.78 is 18.9. The zero-order valence-corrected chi connectivity index (χ0v) is 26.1. The van der Waals surface area contributed by atoms with Crippen LogP contribution in [0.15, 0.2) is 12.1 Å². The minimum absolute atomic E-state index is 0.687. The third-order valence-corrected chi connectivity index (χ3v) is 27.8. The molecule has 33 heavy (non-hydrogen) atoms. The summed E-state index contributed by atoms with van der Waals surface area (Å²) in [5.41, 5.74) is 0. The van der Waals surface area contributed by atoms with Crippen molar-refractivity contribution in [2.24, 2.45) is 0 Å². The fraction of sp³-hybridized carbons (Fsp3) is 0.714. The number of rotatable bonds is 16. The fourth-order valence-corrected chi connectivity index (χ4v) is 27.0. The van der Waals surface area contributed by atoms with E-state index in [1.807, 2.05) is 11.3 Å². The summed E-state index contributed by atoms with van der Waals surface area (Å²) in [6.07, 6.45) is 14.6. The molecule has 1 aliphatic heterocycles. The average molecular weight is 598 g/mol. The molecule has 1 aliphatic rings. The van der Waals surface area contributed by atoms with Gasteiger partial charge in [-0.2, -0.15) is 0 Å². The summed E-state index contributed by atoms with van der Waals surface area (Å²) in [6.45, 7) is 10.8. The van der Waals surface area contributed by atoms with Crippen molar-refractivity contribution in [3.8, 4) is 21.3 Å². The number of ether oxygens (including phenoxy) is 2. The summed E-state index contributed by atoms with van der Waals surface area (Å²) in [5.74, 6) is 2.27. The molecule has 0 aliphatic carbocycles. The van der Waals surface area contributed by atoms with Crippen LogP contribution < -0.4 is 12.4 Å². The second-order valence-corrected chi connectivity index (χ2v) is 26.0. The van der Waals surface area contributed by atoms with E-state index in [1.54, 1.807) is 2.89 Å². The van der Waals surface area contributed by atoms with Gasteiger partial charge in [0.15, 0.2) is 0 Å². The third-order valence-electron chi connectivity index (χ3n) is 7.07. The third kappa shape index (κ3) is 7.16. The van der Waals surface area contributed by atoms with Crippen molar-refractivity contribution in [1.82, 2.24) is 0 Å². The van der Waals surface area contributed by atoms with E-state index in [1.165, 1.54) is 104 Å². The molecular formula is C28H46O2S2Sn. The molecule has 0 bridgehead atoms. The Morgan fingerprint density at radius 3 is 1.91 bits per heavy atom. The first-order valence-electron chi connectivity index (χ1n) is 13.7. The van der Waals surface area contributed by atoms with Crippen molar-refractivity contribution in [1.29, 1.82) is 0 Å². The molecule has 0 N–H and O–H groups in total. The Labute approximate surface area is 215 Å². The van der Waals surface area contributed by atoms with Crippen LogP contribution in [0.4, 0.5) is 0 Å². The monoisotopic (exact) mass is 598 g/mol. The maximum atomic E-state index is 6.44. The van der Waals surface area contributed by atoms with E-state index in [2.05, 4.69) is 51.2 Å². The van der Waals surface area contributed by atoms with Gasteiger partial charge in [-0.05, 0) is 0 Å². The molecule has 0 aromatic carbocycles. The predicted octanol–water partition coefficient (Wildman–Crippen LogP) is 9.43. The molecule has 2 nitrogen and oxygen atoms in total. The number of hydrogen-bond donors (Lipinski definition) is 0. The summed E-state index contributed by atoms with van der Waals surface area (Å²) in [4.78, 5) is 4.30. The molecule has 0 atom stereocenters. The zero-order chi connectivity index (χ0) is 23.5. The Morgan fingerprint density at radius 2 is 1.30 bits per heavy atom. The van der Waals surface area contributed by atoms with E-state index in [0.717, 1.165) is 5.75 Å². The summed E-state index contributed by atoms with van der Waals surface area (Å²) in [7, 11) is 0. The van der Waals surface area contributed by atoms with Crippen molar-refractivity contribution in [2.45, 2.75) is 112 Å². The number of aryl methyl sites for hydroxylation is 1. The maximum absolute atomic E-state index is 6.44. The molecule has 0 fully saturated rings. The number of hydrogen-bond acceptors (Lipinski definition) is 4. The first kappa shape index (κ1) is 27.4. The standard InChI is InChI=1S/C16H19O2S2.3C4H9.Sn/c1-2-3-4-5-6-12-7-8-14(20-12)16-15-13(11-19-16)17-9-10-18-15;3*1-3-4-2;/h7-8H,2-6,9-10H2,1H3;3*1,3-4H2,2H3;. The van der Waals surface area contributed by atoms with Crippen LogP contribution in [0.25, 0.3) is 9.75 Å². The van der Waals surface area contributed by atoms with Crippen molar-refractivity contribution in [3.63, 3.8) is 0 Å². The van der Waals surface area contributed by atoms with Crippen LogP contribution in [-0.4, -0.2) is 31.6 Å². The quantitative estimate of drug-likeness (QED) is 0.142. The molecule has 0 saturated carbocycles. The molecular weight excluding hydrogens is 551 g/mol. The van der Waals surface area contributed by atoms with Gasteiger partial charge in [0.2, 0.25) is 0 Å². The molecule has 186 valence electrons. The molecule has 5 heteroatoms. The van der Waals surface area contributed by atoms with E-state index >= 15 is 0 Å². The van der Waals surface area contributed by atoms with E-state index in [-0.39, 0.29) is 0 Å². The van der Waals surface area contributed by atoms with Crippen molar-refractivity contribution >= 4 is 43.9 Å². The topological polar surface area (TPSA) is 18.5 Å². The van der Waals surface area contributed by atoms with E-state index in [9.17, 15) is 0 Å². The second-order valence-electron chi connectivity index (χ2n) is 9.78. The number of thiophene rings is 2. The number of unbranched alkanes of at least 4 members (excludes halogenated alkanes) is 6. The summed E-state index contributed by atoms with van der Waals surface area (Å²) in [6, 6.07) is 4.72. The molecule has 0 radical (unpaired) electrons. The molecule has 0 unspecified atom stereocenters. The molecule has 3 rings (SSSR count). The van der Waals surface area contributed by atoms with E-state index in [0.29, 0.717) is 13.2 Å². The Bertz CT molecular complexity index is 804. The van der Waals surface area contributed by atoms with E-state index < -0.39 is 18.4 Å². The molecule has 0 spiro atoms. The van der Waals surface area contributed by atoms with Gasteiger partial charge in [-0.25, -0.2) is 0 Å². The van der Waals surface area contributed by atoms with Crippen molar-refractivity contribution < 1.29 is 9.47 Å². The molecule has 2 aromatic heterocycles. The van der Waals surface area contributed by atoms with Crippen LogP contribution in [0.3, 0.4) is 0 Å². The summed E-state index contributed by atoms with van der Waals surface area (Å²) >= 11 is 1.49. The van der Waals surface area contributed by atoms with Crippen molar-refractivity contribution in [3.05, 3.63) is 17.0 Å². The van der Waals surface area contributed by atoms with Crippen molar-refractivity contribution in [2.75, 3.05) is 13.2 Å². The van der Waals surface area contributed by atoms with Crippen LogP contribution in [0, 0.1) is 0 Å². The van der Waals surface area contributed by atoms with Crippen LogP contribution in [0.1, 0.15) is 96.8 Å². The normalized spacial score (nSPS) is 13.6. The van der Waals surface area contributed by atoms with Gasteiger partial charge in [0.1, 0.15) is 0 Å². The Hall–Kier alpha value is -0.201. The molecule has 2 aromatic rings. The Kier molecular flexibility index (Phi) is 11.9. The van der Waals surface area contributed by atoms with E-state index in [4.69, 9.17) is 9.47 Å². The van der Waals surface area contributed by atoms with Gasteiger partial charge in [0.25, 0.3) is 0 Å². The Balaban J connectivity index is 1.97. The van der Waals surface area contributed by atoms with Crippen LogP contribution >= 0.6 is 22.7 Å². The van der Waals surface area contributed by atoms with Crippen LogP contribution in [-0.2, 0) is 6.42 Å². The number of fused-ring (bicyclic) bond motifs is 1. The van der Waals surface area contributed by atoms with Gasteiger partial charge in [0, 0.05) is 0 Å². The molecule has 0 saturated heterocycles. The Morgan fingerprint density at radius 1 is 0.697 bits per heavy atom. The van der Waals surface area contributed by atoms with Gasteiger partial charge in [0.05, 0.1) is 0 Å². The predicted molar refractivity (Wildman–Crippen MR) is 151 cm³/mol. The molecule has 0 amide bonds. The molecule has 3 heterocycles. The SMILES string of the molecule is CCCCCCc1ccc(-c2s[c]([Sn]([CH2]CCC)([CH2]CCC)[CH2]CCC)c3c2OCCO3)s1.